The maximum atomic E-state index is 11.5. The molecule has 0 unspecified atom stereocenters. The van der Waals surface area contributed by atoms with Crippen molar-refractivity contribution in [1.29, 1.82) is 0 Å². The summed E-state index contributed by atoms with van der Waals surface area (Å²) in [7, 11) is 0. The molecule has 0 spiro atoms. The normalized spacial score (nSPS) is 10.4. The lowest BCUT2D eigenvalue weighted by molar-refractivity contribution is -0.136. The fraction of sp³-hybridized carbons (Fsp3) is 0.312. The van der Waals surface area contributed by atoms with E-state index in [0.717, 1.165) is 17.7 Å². The average molecular weight is 302 g/mol. The molecule has 0 radical (unpaired) electrons. The van der Waals surface area contributed by atoms with Crippen LogP contribution in [0.4, 0.5) is 0 Å². The number of nitrogens with zero attached hydrogens (tertiary/aromatic N) is 1. The molecular weight excluding hydrogens is 284 g/mol. The van der Waals surface area contributed by atoms with Gasteiger partial charge in [-0.05, 0) is 18.1 Å². The van der Waals surface area contributed by atoms with E-state index in [1.54, 1.807) is 0 Å². The number of benzene rings is 1. The molecule has 0 saturated heterocycles. The van der Waals surface area contributed by atoms with Crippen LogP contribution in [0.2, 0.25) is 0 Å². The number of aromatic nitrogens is 2. The van der Waals surface area contributed by atoms with E-state index in [4.69, 9.17) is 9.84 Å². The zero-order chi connectivity index (χ0) is 15.9. The van der Waals surface area contributed by atoms with Gasteiger partial charge >= 0.3 is 5.97 Å². The van der Waals surface area contributed by atoms with Crippen molar-refractivity contribution in [2.24, 2.45) is 0 Å². The Balaban J connectivity index is 2.01. The first-order chi connectivity index (χ1) is 10.6. The van der Waals surface area contributed by atoms with Gasteiger partial charge in [-0.2, -0.15) is 0 Å². The van der Waals surface area contributed by atoms with Crippen molar-refractivity contribution in [2.75, 3.05) is 6.61 Å². The summed E-state index contributed by atoms with van der Waals surface area (Å²) >= 11 is 0. The molecule has 1 heterocycles. The Hall–Kier alpha value is -2.63. The second kappa shape index (κ2) is 7.40. The summed E-state index contributed by atoms with van der Waals surface area (Å²) in [6.07, 6.45) is 1.01. The molecular formula is C16H18N2O4. The minimum absolute atomic E-state index is 0.250. The molecule has 22 heavy (non-hydrogen) atoms. The fourth-order valence-corrected chi connectivity index (χ4v) is 2.12. The predicted molar refractivity (Wildman–Crippen MR) is 81.2 cm³/mol. The highest BCUT2D eigenvalue weighted by atomic mass is 16.5. The molecule has 2 aromatic rings. The minimum Gasteiger partial charge on any atom is -0.493 e. The number of hydrogen-bond acceptors (Lipinski definition) is 4. The molecule has 0 amide bonds. The summed E-state index contributed by atoms with van der Waals surface area (Å²) in [5.41, 5.74) is 1.01. The van der Waals surface area contributed by atoms with E-state index in [1.807, 2.05) is 24.3 Å². The lowest BCUT2D eigenvalue weighted by Gasteiger charge is -2.10. The van der Waals surface area contributed by atoms with E-state index < -0.39 is 5.97 Å². The van der Waals surface area contributed by atoms with E-state index in [-0.39, 0.29) is 17.7 Å². The van der Waals surface area contributed by atoms with E-state index in [2.05, 4.69) is 16.9 Å². The van der Waals surface area contributed by atoms with Crippen molar-refractivity contribution in [3.8, 4) is 5.75 Å². The Labute approximate surface area is 127 Å². The summed E-state index contributed by atoms with van der Waals surface area (Å²) in [6, 6.07) is 8.96. The van der Waals surface area contributed by atoms with Gasteiger partial charge in [-0.25, -0.2) is 4.98 Å². The van der Waals surface area contributed by atoms with Crippen LogP contribution in [-0.4, -0.2) is 27.7 Å². The number of aliphatic carboxylic acids is 1. The number of aryl methyl sites for hydroxylation is 1. The number of carboxylic acids is 1. The predicted octanol–water partition coefficient (Wildman–Crippen LogP) is 1.58. The van der Waals surface area contributed by atoms with Crippen molar-refractivity contribution < 1.29 is 14.6 Å². The second-order valence-corrected chi connectivity index (χ2v) is 4.81. The second-order valence-electron chi connectivity index (χ2n) is 4.81. The first-order valence-corrected chi connectivity index (χ1v) is 7.10. The van der Waals surface area contributed by atoms with Gasteiger partial charge in [0.1, 0.15) is 11.6 Å². The zero-order valence-corrected chi connectivity index (χ0v) is 12.3. The number of aromatic amines is 1. The first-order valence-electron chi connectivity index (χ1n) is 7.10. The quantitative estimate of drug-likeness (QED) is 0.810. The zero-order valence-electron chi connectivity index (χ0n) is 12.3. The van der Waals surface area contributed by atoms with Crippen LogP contribution in [0.3, 0.4) is 0 Å². The largest absolute Gasteiger partial charge is 0.493 e. The molecule has 1 aromatic heterocycles. The van der Waals surface area contributed by atoms with Crippen LogP contribution in [0.25, 0.3) is 0 Å². The van der Waals surface area contributed by atoms with E-state index >= 15 is 0 Å². The van der Waals surface area contributed by atoms with Crippen LogP contribution in [-0.2, 0) is 24.1 Å². The highest BCUT2D eigenvalue weighted by Crippen LogP contribution is 2.18. The van der Waals surface area contributed by atoms with Crippen LogP contribution in [0.15, 0.2) is 35.1 Å². The summed E-state index contributed by atoms with van der Waals surface area (Å²) in [6.45, 7) is 2.41. The summed E-state index contributed by atoms with van der Waals surface area (Å²) < 4.78 is 5.71. The lowest BCUT2D eigenvalue weighted by atomic mass is 10.1. The van der Waals surface area contributed by atoms with Crippen LogP contribution >= 0.6 is 0 Å². The molecule has 2 rings (SSSR count). The van der Waals surface area contributed by atoms with Crippen molar-refractivity contribution in [3.05, 3.63) is 57.8 Å². The number of carbonyl (C=O) groups is 1. The fourth-order valence-electron chi connectivity index (χ4n) is 2.12. The lowest BCUT2D eigenvalue weighted by Crippen LogP contribution is -2.17. The van der Waals surface area contributed by atoms with Crippen molar-refractivity contribution in [1.82, 2.24) is 9.97 Å². The van der Waals surface area contributed by atoms with Gasteiger partial charge < -0.3 is 14.8 Å². The Morgan fingerprint density at radius 1 is 1.36 bits per heavy atom. The van der Waals surface area contributed by atoms with Crippen molar-refractivity contribution in [2.45, 2.75) is 26.2 Å². The number of nitrogens with one attached hydrogen (secondary N) is 1. The van der Waals surface area contributed by atoms with Gasteiger partial charge in [-0.15, -0.1) is 0 Å². The molecule has 0 saturated carbocycles. The molecule has 0 bridgehead atoms. The molecule has 1 aromatic carbocycles. The maximum absolute atomic E-state index is 11.5. The number of H-pyrrole nitrogens is 1. The third-order valence-corrected chi connectivity index (χ3v) is 3.13. The number of carboxylic acid groups (broad SMARTS) is 1. The highest BCUT2D eigenvalue weighted by molar-refractivity contribution is 5.69. The van der Waals surface area contributed by atoms with E-state index in [9.17, 15) is 9.59 Å². The summed E-state index contributed by atoms with van der Waals surface area (Å²) in [4.78, 5) is 28.9. The van der Waals surface area contributed by atoms with Gasteiger partial charge in [0.05, 0.1) is 18.7 Å². The molecule has 0 fully saturated rings. The molecule has 0 aliphatic carbocycles. The Morgan fingerprint density at radius 3 is 2.86 bits per heavy atom. The minimum atomic E-state index is -1.02. The van der Waals surface area contributed by atoms with Gasteiger partial charge in [0.15, 0.2) is 0 Å². The Kier molecular flexibility index (Phi) is 5.30. The number of rotatable bonds is 7. The van der Waals surface area contributed by atoms with E-state index in [0.29, 0.717) is 18.9 Å². The number of para-hydroxylation sites is 1. The van der Waals surface area contributed by atoms with E-state index in [1.165, 1.54) is 6.07 Å². The van der Waals surface area contributed by atoms with Crippen molar-refractivity contribution >= 4 is 5.97 Å². The highest BCUT2D eigenvalue weighted by Gasteiger charge is 2.07. The van der Waals surface area contributed by atoms with Gasteiger partial charge in [0.2, 0.25) is 0 Å². The standard InChI is InChI=1S/C16H18N2O4/c1-2-11-5-3-4-6-13(11)22-8-7-14-17-12(10-16(20)21)9-15(19)18-14/h3-6,9H,2,7-8,10H2,1H3,(H,20,21)(H,17,18,19). The monoisotopic (exact) mass is 302 g/mol. The topological polar surface area (TPSA) is 92.3 Å². The van der Waals surface area contributed by atoms with Gasteiger partial charge in [-0.3, -0.25) is 9.59 Å². The van der Waals surface area contributed by atoms with Gasteiger partial charge in [0.25, 0.3) is 5.56 Å². The third kappa shape index (κ3) is 4.44. The molecule has 6 heteroatoms. The molecule has 0 aliphatic heterocycles. The molecule has 116 valence electrons. The first kappa shape index (κ1) is 15.8. The molecule has 0 aliphatic rings. The van der Waals surface area contributed by atoms with Gasteiger partial charge in [-0.1, -0.05) is 25.1 Å². The number of hydrogen-bond donors (Lipinski definition) is 2. The Bertz CT molecular complexity index is 709. The molecule has 6 nitrogen and oxygen atoms in total. The van der Waals surface area contributed by atoms with Crippen LogP contribution in [0.5, 0.6) is 5.75 Å². The Morgan fingerprint density at radius 2 is 2.14 bits per heavy atom. The van der Waals surface area contributed by atoms with Crippen LogP contribution in [0.1, 0.15) is 24.0 Å². The van der Waals surface area contributed by atoms with Crippen LogP contribution in [0, 0.1) is 0 Å². The molecule has 0 atom stereocenters. The maximum Gasteiger partial charge on any atom is 0.309 e. The third-order valence-electron chi connectivity index (χ3n) is 3.13. The average Bonchev–Trinajstić information content (AvgIpc) is 2.46. The van der Waals surface area contributed by atoms with Crippen LogP contribution < -0.4 is 10.3 Å². The summed E-state index contributed by atoms with van der Waals surface area (Å²) in [5.74, 6) is 0.226. The molecule has 2 N–H and O–H groups in total. The number of ether oxygens (including phenoxy) is 1. The van der Waals surface area contributed by atoms with Crippen molar-refractivity contribution in [3.63, 3.8) is 0 Å². The SMILES string of the molecule is CCc1ccccc1OCCc1nc(CC(=O)O)cc(=O)[nH]1. The van der Waals surface area contributed by atoms with Gasteiger partial charge in [0, 0.05) is 12.5 Å². The smallest absolute Gasteiger partial charge is 0.309 e. The summed E-state index contributed by atoms with van der Waals surface area (Å²) in [5, 5.41) is 8.75.